The van der Waals surface area contributed by atoms with Crippen LogP contribution in [-0.4, -0.2) is 30.7 Å². The molecule has 0 aromatic heterocycles. The van der Waals surface area contributed by atoms with E-state index < -0.39 is 5.60 Å². The van der Waals surface area contributed by atoms with Gasteiger partial charge in [-0.25, -0.2) is 0 Å². The number of hydrogen-bond acceptors (Lipinski definition) is 3. The standard InChI is InChI=1S/C9H18N2O2/c1-3-7-9(4-2,8(10)12)13-6-5-11-7/h7,11H,3-6H2,1-2H3,(H2,10,12). The predicted octanol–water partition coefficient (Wildman–Crippen LogP) is 0.0189. The molecule has 2 atom stereocenters. The van der Waals surface area contributed by atoms with Crippen LogP contribution in [0.25, 0.3) is 0 Å². The molecule has 0 saturated carbocycles. The zero-order valence-corrected chi connectivity index (χ0v) is 8.30. The van der Waals surface area contributed by atoms with E-state index in [2.05, 4.69) is 5.32 Å². The fourth-order valence-corrected chi connectivity index (χ4v) is 1.97. The van der Waals surface area contributed by atoms with Gasteiger partial charge in [-0.05, 0) is 12.8 Å². The minimum Gasteiger partial charge on any atom is -0.367 e. The van der Waals surface area contributed by atoms with Gasteiger partial charge in [0.1, 0.15) is 0 Å². The number of nitrogens with two attached hydrogens (primary N) is 1. The first-order chi connectivity index (χ1) is 6.17. The van der Waals surface area contributed by atoms with Crippen LogP contribution in [0.15, 0.2) is 0 Å². The minimum absolute atomic E-state index is 0.0590. The highest BCUT2D eigenvalue weighted by Gasteiger charge is 2.44. The van der Waals surface area contributed by atoms with Gasteiger partial charge in [-0.2, -0.15) is 0 Å². The predicted molar refractivity (Wildman–Crippen MR) is 50.3 cm³/mol. The maximum Gasteiger partial charge on any atom is 0.251 e. The minimum atomic E-state index is -0.785. The van der Waals surface area contributed by atoms with Gasteiger partial charge in [0.25, 0.3) is 5.91 Å². The van der Waals surface area contributed by atoms with E-state index in [0.717, 1.165) is 13.0 Å². The average molecular weight is 186 g/mol. The van der Waals surface area contributed by atoms with E-state index in [4.69, 9.17) is 10.5 Å². The monoisotopic (exact) mass is 186 g/mol. The highest BCUT2D eigenvalue weighted by atomic mass is 16.5. The number of carbonyl (C=O) groups is 1. The van der Waals surface area contributed by atoms with Gasteiger partial charge >= 0.3 is 0 Å². The summed E-state index contributed by atoms with van der Waals surface area (Å²) >= 11 is 0. The molecule has 1 heterocycles. The van der Waals surface area contributed by atoms with Crippen molar-refractivity contribution in [3.05, 3.63) is 0 Å². The number of ether oxygens (including phenoxy) is 1. The summed E-state index contributed by atoms with van der Waals surface area (Å²) < 4.78 is 5.54. The zero-order valence-electron chi connectivity index (χ0n) is 8.30. The molecule has 3 N–H and O–H groups in total. The van der Waals surface area contributed by atoms with Crippen molar-refractivity contribution in [2.24, 2.45) is 5.73 Å². The molecule has 4 nitrogen and oxygen atoms in total. The van der Waals surface area contributed by atoms with Crippen molar-refractivity contribution in [2.75, 3.05) is 13.2 Å². The summed E-state index contributed by atoms with van der Waals surface area (Å²) in [5.74, 6) is -0.353. The molecule has 1 aliphatic heterocycles. The highest BCUT2D eigenvalue weighted by molar-refractivity contribution is 5.84. The van der Waals surface area contributed by atoms with E-state index >= 15 is 0 Å². The first-order valence-corrected chi connectivity index (χ1v) is 4.84. The second-order valence-electron chi connectivity index (χ2n) is 3.37. The van der Waals surface area contributed by atoms with Gasteiger partial charge in [0.2, 0.25) is 0 Å². The normalized spacial score (nSPS) is 34.5. The largest absolute Gasteiger partial charge is 0.367 e. The summed E-state index contributed by atoms with van der Waals surface area (Å²) in [4.78, 5) is 11.3. The zero-order chi connectivity index (χ0) is 9.90. The van der Waals surface area contributed by atoms with Crippen LogP contribution in [0.5, 0.6) is 0 Å². The van der Waals surface area contributed by atoms with Crippen LogP contribution in [0, 0.1) is 0 Å². The molecule has 0 spiro atoms. The van der Waals surface area contributed by atoms with Crippen LogP contribution < -0.4 is 11.1 Å². The molecule has 1 rings (SSSR count). The Bertz CT molecular complexity index is 196. The fourth-order valence-electron chi connectivity index (χ4n) is 1.97. The number of hydrogen-bond donors (Lipinski definition) is 2. The highest BCUT2D eigenvalue weighted by Crippen LogP contribution is 2.25. The van der Waals surface area contributed by atoms with Crippen molar-refractivity contribution in [1.29, 1.82) is 0 Å². The smallest absolute Gasteiger partial charge is 0.251 e. The van der Waals surface area contributed by atoms with Gasteiger partial charge < -0.3 is 15.8 Å². The van der Waals surface area contributed by atoms with E-state index in [1.54, 1.807) is 0 Å². The molecule has 1 amide bonds. The maximum absolute atomic E-state index is 11.3. The number of carbonyl (C=O) groups excluding carboxylic acids is 1. The van der Waals surface area contributed by atoms with Gasteiger partial charge in [-0.1, -0.05) is 13.8 Å². The quantitative estimate of drug-likeness (QED) is 0.653. The van der Waals surface area contributed by atoms with Crippen molar-refractivity contribution in [1.82, 2.24) is 5.32 Å². The summed E-state index contributed by atoms with van der Waals surface area (Å²) in [7, 11) is 0. The van der Waals surface area contributed by atoms with Crippen molar-refractivity contribution < 1.29 is 9.53 Å². The summed E-state index contributed by atoms with van der Waals surface area (Å²) in [6.07, 6.45) is 1.49. The Morgan fingerprint density at radius 1 is 1.69 bits per heavy atom. The van der Waals surface area contributed by atoms with Gasteiger partial charge in [0.15, 0.2) is 5.60 Å². The van der Waals surface area contributed by atoms with E-state index in [1.807, 2.05) is 13.8 Å². The fraction of sp³-hybridized carbons (Fsp3) is 0.889. The molecule has 0 bridgehead atoms. The summed E-state index contributed by atoms with van der Waals surface area (Å²) in [6, 6.07) is 0.0590. The first kappa shape index (κ1) is 10.5. The van der Waals surface area contributed by atoms with Crippen LogP contribution in [0.1, 0.15) is 26.7 Å². The molecule has 0 radical (unpaired) electrons. The van der Waals surface area contributed by atoms with Gasteiger partial charge in [0, 0.05) is 12.6 Å². The molecular formula is C9H18N2O2. The lowest BCUT2D eigenvalue weighted by atomic mass is 9.87. The molecule has 0 aromatic rings. The Labute approximate surface area is 78.8 Å². The van der Waals surface area contributed by atoms with Gasteiger partial charge in [0.05, 0.1) is 6.61 Å². The van der Waals surface area contributed by atoms with E-state index in [-0.39, 0.29) is 11.9 Å². The van der Waals surface area contributed by atoms with E-state index in [9.17, 15) is 4.79 Å². The molecule has 1 fully saturated rings. The number of nitrogens with one attached hydrogen (secondary N) is 1. The third-order valence-corrected chi connectivity index (χ3v) is 2.77. The summed E-state index contributed by atoms with van der Waals surface area (Å²) in [6.45, 7) is 5.32. The Morgan fingerprint density at radius 2 is 2.38 bits per heavy atom. The third-order valence-electron chi connectivity index (χ3n) is 2.77. The van der Waals surface area contributed by atoms with Crippen LogP contribution in [-0.2, 0) is 9.53 Å². The molecule has 1 aliphatic rings. The molecule has 0 aromatic carbocycles. The lowest BCUT2D eigenvalue weighted by Gasteiger charge is -2.41. The van der Waals surface area contributed by atoms with Crippen LogP contribution in [0.4, 0.5) is 0 Å². The molecule has 1 saturated heterocycles. The average Bonchev–Trinajstić information content (AvgIpc) is 2.17. The SMILES string of the molecule is CCC1NCCOC1(CC)C(N)=O. The first-order valence-electron chi connectivity index (χ1n) is 4.84. The lowest BCUT2D eigenvalue weighted by Crippen LogP contribution is -2.63. The van der Waals surface area contributed by atoms with E-state index in [0.29, 0.717) is 13.0 Å². The van der Waals surface area contributed by atoms with Crippen molar-refractivity contribution in [2.45, 2.75) is 38.3 Å². The Morgan fingerprint density at radius 3 is 2.77 bits per heavy atom. The number of primary amides is 1. The maximum atomic E-state index is 11.3. The molecule has 0 aliphatic carbocycles. The molecule has 2 unspecified atom stereocenters. The Hall–Kier alpha value is -0.610. The van der Waals surface area contributed by atoms with Crippen LogP contribution in [0.3, 0.4) is 0 Å². The van der Waals surface area contributed by atoms with E-state index in [1.165, 1.54) is 0 Å². The van der Waals surface area contributed by atoms with Gasteiger partial charge in [-0.15, -0.1) is 0 Å². The van der Waals surface area contributed by atoms with Crippen LogP contribution in [0.2, 0.25) is 0 Å². The number of amides is 1. The van der Waals surface area contributed by atoms with Crippen LogP contribution >= 0.6 is 0 Å². The Balaban J connectivity index is 2.84. The summed E-state index contributed by atoms with van der Waals surface area (Å²) in [5, 5.41) is 3.27. The molecule has 76 valence electrons. The number of morpholine rings is 1. The second-order valence-corrected chi connectivity index (χ2v) is 3.37. The van der Waals surface area contributed by atoms with Crippen molar-refractivity contribution >= 4 is 5.91 Å². The number of rotatable bonds is 3. The molecule has 4 heteroatoms. The second kappa shape index (κ2) is 4.07. The molecule has 13 heavy (non-hydrogen) atoms. The van der Waals surface area contributed by atoms with Crippen molar-refractivity contribution in [3.63, 3.8) is 0 Å². The van der Waals surface area contributed by atoms with Gasteiger partial charge in [-0.3, -0.25) is 4.79 Å². The summed E-state index contributed by atoms with van der Waals surface area (Å²) in [5.41, 5.74) is 4.59. The third kappa shape index (κ3) is 1.69. The van der Waals surface area contributed by atoms with Crippen molar-refractivity contribution in [3.8, 4) is 0 Å². The molecular weight excluding hydrogens is 168 g/mol. The topological polar surface area (TPSA) is 64.3 Å². The lowest BCUT2D eigenvalue weighted by molar-refractivity contribution is -0.155. The Kier molecular flexibility index (Phi) is 3.27.